The van der Waals surface area contributed by atoms with Gasteiger partial charge < -0.3 is 26.0 Å². The van der Waals surface area contributed by atoms with Gasteiger partial charge in [-0.1, -0.05) is 66.7 Å². The summed E-state index contributed by atoms with van der Waals surface area (Å²) in [5, 5.41) is 23.2. The van der Waals surface area contributed by atoms with E-state index in [0.717, 1.165) is 5.56 Å². The minimum absolute atomic E-state index is 0.0915. The lowest BCUT2D eigenvalue weighted by Crippen LogP contribution is -2.35. The van der Waals surface area contributed by atoms with E-state index in [1.807, 2.05) is 30.3 Å². The van der Waals surface area contributed by atoms with E-state index < -0.39 is 18.3 Å². The predicted octanol–water partition coefficient (Wildman–Crippen LogP) is 2.82. The molecule has 1 amide bonds. The van der Waals surface area contributed by atoms with Gasteiger partial charge in [0.05, 0.1) is 0 Å². The maximum Gasteiger partial charge on any atom is 0.407 e. The van der Waals surface area contributed by atoms with Crippen LogP contribution in [0.2, 0.25) is 0 Å². The number of nitrogen functional groups attached to an aromatic ring is 1. The molecule has 3 rings (SSSR count). The Morgan fingerprint density at radius 2 is 1.58 bits per heavy atom. The molecule has 0 aliphatic rings. The summed E-state index contributed by atoms with van der Waals surface area (Å²) >= 11 is 0. The molecule has 0 saturated carbocycles. The van der Waals surface area contributed by atoms with Gasteiger partial charge in [-0.25, -0.2) is 4.79 Å². The van der Waals surface area contributed by atoms with E-state index in [0.29, 0.717) is 11.1 Å². The normalized spacial score (nSPS) is 12.6. The number of rotatable bonds is 8. The van der Waals surface area contributed by atoms with Crippen molar-refractivity contribution in [3.8, 4) is 0 Å². The maximum absolute atomic E-state index is 12.7. The Labute approximate surface area is 180 Å². The molecule has 2 unspecified atom stereocenters. The number of carbonyl (C=O) groups is 2. The fraction of sp³-hybridized carbons (Fsp3) is 0.167. The van der Waals surface area contributed by atoms with Crippen LogP contribution in [0.15, 0.2) is 78.9 Å². The first-order chi connectivity index (χ1) is 15.0. The van der Waals surface area contributed by atoms with Crippen molar-refractivity contribution in [1.82, 2.24) is 5.32 Å². The quantitative estimate of drug-likeness (QED) is 0.328. The molecular formula is C24H24N2O5. The van der Waals surface area contributed by atoms with Crippen LogP contribution in [0.3, 0.4) is 0 Å². The Morgan fingerprint density at radius 3 is 2.26 bits per heavy atom. The number of nitrogens with one attached hydrogen (secondary N) is 1. The highest BCUT2D eigenvalue weighted by atomic mass is 16.5. The Morgan fingerprint density at radius 1 is 0.935 bits per heavy atom. The van der Waals surface area contributed by atoms with Crippen LogP contribution < -0.4 is 11.1 Å². The van der Waals surface area contributed by atoms with Gasteiger partial charge >= 0.3 is 6.09 Å². The van der Waals surface area contributed by atoms with Gasteiger partial charge in [-0.05, 0) is 23.3 Å². The van der Waals surface area contributed by atoms with Crippen LogP contribution in [0.5, 0.6) is 0 Å². The van der Waals surface area contributed by atoms with Crippen LogP contribution in [0, 0.1) is 0 Å². The van der Waals surface area contributed by atoms with E-state index >= 15 is 0 Å². The van der Waals surface area contributed by atoms with E-state index in [4.69, 9.17) is 10.5 Å². The largest absolute Gasteiger partial charge is 0.445 e. The lowest BCUT2D eigenvalue weighted by Gasteiger charge is -2.19. The Balaban J connectivity index is 1.59. The SMILES string of the molecule is Nc1ccc(C(O)C(O)CNC(=O)OCc2ccccc2)cc1C(=O)c1ccccc1. The highest BCUT2D eigenvalue weighted by Gasteiger charge is 2.22. The molecule has 0 aromatic heterocycles. The third-order valence-corrected chi connectivity index (χ3v) is 4.73. The highest BCUT2D eigenvalue weighted by Crippen LogP contribution is 2.24. The van der Waals surface area contributed by atoms with Gasteiger partial charge in [-0.3, -0.25) is 4.79 Å². The van der Waals surface area contributed by atoms with Crippen molar-refractivity contribution in [3.63, 3.8) is 0 Å². The molecule has 0 bridgehead atoms. The number of hydrogen-bond donors (Lipinski definition) is 4. The van der Waals surface area contributed by atoms with E-state index in [-0.39, 0.29) is 30.2 Å². The number of aliphatic hydroxyl groups excluding tert-OH is 2. The number of hydrogen-bond acceptors (Lipinski definition) is 6. The molecule has 0 spiro atoms. The van der Waals surface area contributed by atoms with Crippen molar-refractivity contribution in [2.75, 3.05) is 12.3 Å². The predicted molar refractivity (Wildman–Crippen MR) is 116 cm³/mol. The second-order valence-electron chi connectivity index (χ2n) is 7.00. The molecule has 7 nitrogen and oxygen atoms in total. The molecule has 5 N–H and O–H groups in total. The van der Waals surface area contributed by atoms with E-state index in [1.165, 1.54) is 18.2 Å². The second kappa shape index (κ2) is 10.4. The molecule has 0 saturated heterocycles. The van der Waals surface area contributed by atoms with Crippen LogP contribution >= 0.6 is 0 Å². The zero-order chi connectivity index (χ0) is 22.2. The average molecular weight is 420 g/mol. The Bertz CT molecular complexity index is 1020. The van der Waals surface area contributed by atoms with Crippen LogP contribution in [-0.2, 0) is 11.3 Å². The van der Waals surface area contributed by atoms with Gasteiger partial charge in [0.1, 0.15) is 18.8 Å². The van der Waals surface area contributed by atoms with Crippen molar-refractivity contribution in [2.24, 2.45) is 0 Å². The second-order valence-corrected chi connectivity index (χ2v) is 7.00. The molecule has 0 heterocycles. The summed E-state index contributed by atoms with van der Waals surface area (Å²) in [5.41, 5.74) is 8.04. The third kappa shape index (κ3) is 5.91. The molecule has 0 radical (unpaired) electrons. The molecule has 160 valence electrons. The number of ether oxygens (including phenoxy) is 1. The molecule has 0 aliphatic carbocycles. The van der Waals surface area contributed by atoms with Crippen molar-refractivity contribution < 1.29 is 24.5 Å². The minimum Gasteiger partial charge on any atom is -0.445 e. The number of benzene rings is 3. The summed E-state index contributed by atoms with van der Waals surface area (Å²) in [6.45, 7) is -0.143. The maximum atomic E-state index is 12.7. The molecule has 31 heavy (non-hydrogen) atoms. The first-order valence-electron chi connectivity index (χ1n) is 9.75. The molecule has 3 aromatic carbocycles. The van der Waals surface area contributed by atoms with Crippen molar-refractivity contribution >= 4 is 17.6 Å². The number of nitrogens with two attached hydrogens (primary N) is 1. The lowest BCUT2D eigenvalue weighted by molar-refractivity contribution is 0.0184. The summed E-state index contributed by atoms with van der Waals surface area (Å²) in [7, 11) is 0. The number of anilines is 1. The standard InChI is InChI=1S/C24H24N2O5/c25-20-12-11-18(13-19(20)22(28)17-9-5-2-6-10-17)23(29)21(27)14-26-24(30)31-15-16-7-3-1-4-8-16/h1-13,21,23,27,29H,14-15,25H2,(H,26,30). The number of alkyl carbamates (subject to hydrolysis) is 1. The average Bonchev–Trinajstić information content (AvgIpc) is 2.81. The summed E-state index contributed by atoms with van der Waals surface area (Å²) in [6.07, 6.45) is -3.36. The number of aliphatic hydroxyl groups is 2. The number of ketones is 1. The molecule has 0 aliphatic heterocycles. The van der Waals surface area contributed by atoms with Gasteiger partial charge in [0.15, 0.2) is 5.78 Å². The van der Waals surface area contributed by atoms with Crippen LogP contribution in [0.4, 0.5) is 10.5 Å². The van der Waals surface area contributed by atoms with E-state index in [2.05, 4.69) is 5.32 Å². The van der Waals surface area contributed by atoms with Crippen molar-refractivity contribution in [2.45, 2.75) is 18.8 Å². The van der Waals surface area contributed by atoms with Gasteiger partial charge in [0.2, 0.25) is 0 Å². The van der Waals surface area contributed by atoms with E-state index in [9.17, 15) is 19.8 Å². The zero-order valence-electron chi connectivity index (χ0n) is 16.8. The monoisotopic (exact) mass is 420 g/mol. The van der Waals surface area contributed by atoms with Gasteiger partial charge in [0.25, 0.3) is 0 Å². The summed E-state index contributed by atoms with van der Waals surface area (Å²) in [5.74, 6) is -0.288. The molecule has 3 aromatic rings. The Hall–Kier alpha value is -3.68. The highest BCUT2D eigenvalue weighted by molar-refractivity contribution is 6.12. The minimum atomic E-state index is -1.34. The summed E-state index contributed by atoms with van der Waals surface area (Å²) in [4.78, 5) is 24.6. The van der Waals surface area contributed by atoms with Crippen LogP contribution in [-0.4, -0.2) is 34.7 Å². The Kier molecular flexibility index (Phi) is 7.37. The molecule has 0 fully saturated rings. The lowest BCUT2D eigenvalue weighted by atomic mass is 9.96. The van der Waals surface area contributed by atoms with E-state index in [1.54, 1.807) is 30.3 Å². The smallest absolute Gasteiger partial charge is 0.407 e. The van der Waals surface area contributed by atoms with Crippen molar-refractivity contribution in [3.05, 3.63) is 101 Å². The molecule has 7 heteroatoms. The molecular weight excluding hydrogens is 396 g/mol. The fourth-order valence-corrected chi connectivity index (χ4v) is 3.00. The topological polar surface area (TPSA) is 122 Å². The van der Waals surface area contributed by atoms with Crippen LogP contribution in [0.1, 0.15) is 33.2 Å². The summed E-state index contributed by atoms with van der Waals surface area (Å²) < 4.78 is 5.08. The first-order valence-corrected chi connectivity index (χ1v) is 9.75. The molecule has 2 atom stereocenters. The van der Waals surface area contributed by atoms with Gasteiger partial charge in [0, 0.05) is 23.4 Å². The number of amides is 1. The van der Waals surface area contributed by atoms with Crippen molar-refractivity contribution in [1.29, 1.82) is 0 Å². The van der Waals surface area contributed by atoms with Gasteiger partial charge in [-0.15, -0.1) is 0 Å². The van der Waals surface area contributed by atoms with Crippen LogP contribution in [0.25, 0.3) is 0 Å². The van der Waals surface area contributed by atoms with Gasteiger partial charge in [-0.2, -0.15) is 0 Å². The fourth-order valence-electron chi connectivity index (χ4n) is 3.00. The number of carbonyl (C=O) groups excluding carboxylic acids is 2. The summed E-state index contributed by atoms with van der Waals surface area (Å²) in [6, 6.07) is 22.3. The zero-order valence-corrected chi connectivity index (χ0v) is 16.8. The third-order valence-electron chi connectivity index (χ3n) is 4.73. The first kappa shape index (κ1) is 22.0.